The number of aryl methyl sites for hydroxylation is 1. The Labute approximate surface area is 247 Å². The molecule has 1 aliphatic heterocycles. The maximum absolute atomic E-state index is 13.8. The first-order valence-electron chi connectivity index (χ1n) is 15.0. The van der Waals surface area contributed by atoms with Gasteiger partial charge in [-0.1, -0.05) is 37.8 Å². The van der Waals surface area contributed by atoms with Crippen LogP contribution in [0.2, 0.25) is 0 Å². The molecule has 2 aliphatic rings. The van der Waals surface area contributed by atoms with Gasteiger partial charge in [-0.15, -0.1) is 0 Å². The predicted molar refractivity (Wildman–Crippen MR) is 161 cm³/mol. The van der Waals surface area contributed by atoms with Crippen LogP contribution in [0, 0.1) is 19.8 Å². The third-order valence-electron chi connectivity index (χ3n) is 8.84. The van der Waals surface area contributed by atoms with Crippen molar-refractivity contribution in [2.75, 3.05) is 19.0 Å². The van der Waals surface area contributed by atoms with E-state index in [1.165, 1.54) is 0 Å². The molecule has 42 heavy (non-hydrogen) atoms. The van der Waals surface area contributed by atoms with E-state index in [0.29, 0.717) is 30.9 Å². The molecular formula is C33H42N5O4+. The van der Waals surface area contributed by atoms with Crippen LogP contribution < -0.4 is 20.2 Å². The smallest absolute Gasteiger partial charge is 0.253 e. The van der Waals surface area contributed by atoms with E-state index in [4.69, 9.17) is 4.84 Å². The molecule has 3 heterocycles. The highest BCUT2D eigenvalue weighted by Gasteiger charge is 2.32. The van der Waals surface area contributed by atoms with Crippen LogP contribution in [-0.2, 0) is 22.7 Å². The number of carbonyl (C=O) groups is 3. The number of rotatable bonds is 7. The number of anilines is 1. The molecule has 3 amide bonds. The SMILES string of the molecule is CO[n+]1ccc(C)c(-c2ccc(NC(=O)C(NC(=O)c3ccn4c3CN(C(C)=O)CC4)C3CCCCCC3)cc2)c1C. The van der Waals surface area contributed by atoms with Gasteiger partial charge in [0.25, 0.3) is 5.91 Å². The Morgan fingerprint density at radius 2 is 1.69 bits per heavy atom. The first kappa shape index (κ1) is 29.4. The molecule has 1 aliphatic carbocycles. The summed E-state index contributed by atoms with van der Waals surface area (Å²) in [5.74, 6) is -0.422. The first-order chi connectivity index (χ1) is 20.3. The van der Waals surface area contributed by atoms with E-state index in [-0.39, 0.29) is 23.6 Å². The van der Waals surface area contributed by atoms with Crippen molar-refractivity contribution in [1.29, 1.82) is 0 Å². The van der Waals surface area contributed by atoms with Gasteiger partial charge in [-0.2, -0.15) is 0 Å². The van der Waals surface area contributed by atoms with Crippen molar-refractivity contribution in [3.8, 4) is 11.1 Å². The zero-order chi connectivity index (χ0) is 29.8. The number of fused-ring (bicyclic) bond motifs is 1. The van der Waals surface area contributed by atoms with E-state index in [1.807, 2.05) is 54.2 Å². The number of hydrogen-bond acceptors (Lipinski definition) is 4. The third kappa shape index (κ3) is 6.20. The highest BCUT2D eigenvalue weighted by atomic mass is 16.6. The minimum atomic E-state index is -0.655. The summed E-state index contributed by atoms with van der Waals surface area (Å²) >= 11 is 0. The standard InChI is InChI=1S/C33H41N5O4/c1-22-15-18-38(42-4)23(2)30(22)25-11-13-27(14-12-25)34-33(41)31(26-9-7-5-6-8-10-26)35-32(40)28-16-17-36-19-20-37(24(3)39)21-29(28)36/h11-18,26,31H,5-10,19-21H2,1-4H3,(H-,34,35,40,41)/p+1. The maximum Gasteiger partial charge on any atom is 0.253 e. The Bertz CT molecular complexity index is 1450. The number of hydrogen-bond donors (Lipinski definition) is 2. The number of amides is 3. The molecule has 9 nitrogen and oxygen atoms in total. The fourth-order valence-electron chi connectivity index (χ4n) is 6.46. The minimum Gasteiger partial charge on any atom is -0.347 e. The minimum absolute atomic E-state index is 0.00832. The van der Waals surface area contributed by atoms with Gasteiger partial charge in [0.1, 0.15) is 13.2 Å². The monoisotopic (exact) mass is 572 g/mol. The van der Waals surface area contributed by atoms with Gasteiger partial charge in [0.05, 0.1) is 23.4 Å². The lowest BCUT2D eigenvalue weighted by Crippen LogP contribution is -2.49. The van der Waals surface area contributed by atoms with E-state index in [1.54, 1.807) is 29.7 Å². The second-order valence-electron chi connectivity index (χ2n) is 11.5. The molecule has 1 saturated carbocycles. The summed E-state index contributed by atoms with van der Waals surface area (Å²) in [7, 11) is 1.64. The molecule has 2 aromatic heterocycles. The topological polar surface area (TPSA) is 96.6 Å². The zero-order valence-corrected chi connectivity index (χ0v) is 25.1. The van der Waals surface area contributed by atoms with Crippen LogP contribution in [0.3, 0.4) is 0 Å². The van der Waals surface area contributed by atoms with Crippen molar-refractivity contribution >= 4 is 23.4 Å². The van der Waals surface area contributed by atoms with Gasteiger partial charge < -0.3 is 20.1 Å². The zero-order valence-electron chi connectivity index (χ0n) is 25.1. The lowest BCUT2D eigenvalue weighted by Gasteiger charge is -2.29. The van der Waals surface area contributed by atoms with Crippen molar-refractivity contribution in [2.45, 2.75) is 78.4 Å². The summed E-state index contributed by atoms with van der Waals surface area (Å²) in [4.78, 5) is 46.7. The lowest BCUT2D eigenvalue weighted by atomic mass is 9.90. The predicted octanol–water partition coefficient (Wildman–Crippen LogP) is 4.19. The fraction of sp³-hybridized carbons (Fsp3) is 0.455. The molecule has 5 rings (SSSR count). The highest BCUT2D eigenvalue weighted by Crippen LogP contribution is 2.29. The molecule has 222 valence electrons. The molecule has 0 radical (unpaired) electrons. The Kier molecular flexibility index (Phi) is 8.94. The maximum atomic E-state index is 13.8. The lowest BCUT2D eigenvalue weighted by molar-refractivity contribution is -0.889. The van der Waals surface area contributed by atoms with Gasteiger partial charge in [0, 0.05) is 49.6 Å². The van der Waals surface area contributed by atoms with Crippen LogP contribution >= 0.6 is 0 Å². The number of nitrogens with zero attached hydrogens (tertiary/aromatic N) is 3. The van der Waals surface area contributed by atoms with Crippen LogP contribution in [0.15, 0.2) is 48.8 Å². The van der Waals surface area contributed by atoms with Crippen molar-refractivity contribution in [3.63, 3.8) is 0 Å². The molecule has 9 heteroatoms. The van der Waals surface area contributed by atoms with E-state index in [9.17, 15) is 14.4 Å². The molecule has 1 unspecified atom stereocenters. The van der Waals surface area contributed by atoms with Crippen molar-refractivity contribution in [3.05, 3.63) is 71.3 Å². The largest absolute Gasteiger partial charge is 0.347 e. The van der Waals surface area contributed by atoms with Crippen molar-refractivity contribution in [1.82, 2.24) is 14.8 Å². The van der Waals surface area contributed by atoms with E-state index < -0.39 is 6.04 Å². The number of aromatic nitrogens is 2. The Morgan fingerprint density at radius 1 is 0.976 bits per heavy atom. The summed E-state index contributed by atoms with van der Waals surface area (Å²) in [6.07, 6.45) is 9.98. The number of benzene rings is 1. The van der Waals surface area contributed by atoms with Crippen molar-refractivity contribution < 1.29 is 24.0 Å². The van der Waals surface area contributed by atoms with E-state index in [0.717, 1.165) is 66.6 Å². The second-order valence-corrected chi connectivity index (χ2v) is 11.5. The Balaban J connectivity index is 1.36. The summed E-state index contributed by atoms with van der Waals surface area (Å²) in [6.45, 7) is 7.30. The van der Waals surface area contributed by atoms with Gasteiger partial charge >= 0.3 is 0 Å². The fourth-order valence-corrected chi connectivity index (χ4v) is 6.46. The molecule has 0 bridgehead atoms. The molecule has 1 fully saturated rings. The van der Waals surface area contributed by atoms with Crippen LogP contribution in [0.1, 0.15) is 72.8 Å². The highest BCUT2D eigenvalue weighted by molar-refractivity contribution is 6.02. The van der Waals surface area contributed by atoms with Gasteiger partial charge in [-0.3, -0.25) is 19.2 Å². The first-order valence-corrected chi connectivity index (χ1v) is 15.0. The average Bonchev–Trinajstić information content (AvgIpc) is 3.22. The molecule has 0 saturated heterocycles. The number of pyridine rings is 1. The second kappa shape index (κ2) is 12.8. The van der Waals surface area contributed by atoms with Gasteiger partial charge in [-0.25, -0.2) is 0 Å². The van der Waals surface area contributed by atoms with Crippen LogP contribution in [0.5, 0.6) is 0 Å². The number of carbonyl (C=O) groups excluding carboxylic acids is 3. The van der Waals surface area contributed by atoms with Gasteiger partial charge in [0.2, 0.25) is 23.7 Å². The summed E-state index contributed by atoms with van der Waals surface area (Å²) in [5.41, 5.74) is 6.25. The third-order valence-corrected chi connectivity index (χ3v) is 8.84. The summed E-state index contributed by atoms with van der Waals surface area (Å²) in [6, 6.07) is 11.0. The molecule has 0 spiro atoms. The van der Waals surface area contributed by atoms with E-state index in [2.05, 4.69) is 17.6 Å². The van der Waals surface area contributed by atoms with Gasteiger partial charge in [-0.05, 0) is 55.0 Å². The molecular weight excluding hydrogens is 530 g/mol. The molecule has 2 N–H and O–H groups in total. The van der Waals surface area contributed by atoms with Crippen LogP contribution in [0.4, 0.5) is 5.69 Å². The van der Waals surface area contributed by atoms with Crippen LogP contribution in [-0.4, -0.2) is 46.9 Å². The Hall–Kier alpha value is -4.14. The summed E-state index contributed by atoms with van der Waals surface area (Å²) < 4.78 is 3.76. The quantitative estimate of drug-likeness (QED) is 0.328. The van der Waals surface area contributed by atoms with E-state index >= 15 is 0 Å². The van der Waals surface area contributed by atoms with Crippen molar-refractivity contribution in [2.24, 2.45) is 5.92 Å². The summed E-state index contributed by atoms with van der Waals surface area (Å²) in [5, 5.41) is 6.20. The number of nitrogens with one attached hydrogen (secondary N) is 2. The molecule has 1 atom stereocenters. The van der Waals surface area contributed by atoms with Gasteiger partial charge in [0.15, 0.2) is 0 Å². The normalized spacial score (nSPS) is 16.2. The molecule has 1 aromatic carbocycles. The van der Waals surface area contributed by atoms with Crippen LogP contribution in [0.25, 0.3) is 11.1 Å². The Morgan fingerprint density at radius 3 is 2.36 bits per heavy atom. The average molecular weight is 573 g/mol. The molecule has 3 aromatic rings.